The Morgan fingerprint density at radius 3 is 2.59 bits per heavy atom. The van der Waals surface area contributed by atoms with Gasteiger partial charge >= 0.3 is 0 Å². The van der Waals surface area contributed by atoms with E-state index in [9.17, 15) is 14.9 Å². The Hall–Kier alpha value is -3.68. The van der Waals surface area contributed by atoms with Crippen LogP contribution in [0.3, 0.4) is 0 Å². The molecule has 1 N–H and O–H groups in total. The first-order valence-corrected chi connectivity index (χ1v) is 9.42. The smallest absolute Gasteiger partial charge is 0.269 e. The number of carbonyl (C=O) groups is 1. The van der Waals surface area contributed by atoms with Crippen molar-refractivity contribution in [3.05, 3.63) is 70.7 Å². The van der Waals surface area contributed by atoms with Crippen LogP contribution in [-0.4, -0.2) is 27.0 Å². The van der Waals surface area contributed by atoms with Crippen molar-refractivity contribution in [2.75, 3.05) is 11.9 Å². The van der Waals surface area contributed by atoms with E-state index in [1.165, 1.54) is 37.1 Å². The monoisotopic (exact) mass is 392 g/mol. The van der Waals surface area contributed by atoms with Gasteiger partial charge in [0.05, 0.1) is 10.6 Å². The molecular weight excluding hydrogens is 372 g/mol. The van der Waals surface area contributed by atoms with Crippen molar-refractivity contribution in [3.8, 4) is 17.0 Å². The van der Waals surface area contributed by atoms with Crippen molar-refractivity contribution < 1.29 is 14.5 Å². The van der Waals surface area contributed by atoms with Crippen molar-refractivity contribution in [1.29, 1.82) is 0 Å². The number of fused-ring (bicyclic) bond motifs is 1. The maximum Gasteiger partial charge on any atom is 0.269 e. The summed E-state index contributed by atoms with van der Waals surface area (Å²) in [6.45, 7) is 0.832. The highest BCUT2D eigenvalue weighted by atomic mass is 16.6. The van der Waals surface area contributed by atoms with E-state index in [0.29, 0.717) is 11.4 Å². The van der Waals surface area contributed by atoms with Crippen LogP contribution in [-0.2, 0) is 17.8 Å². The van der Waals surface area contributed by atoms with E-state index in [1.807, 2.05) is 24.3 Å². The Labute approximate surface area is 167 Å². The van der Waals surface area contributed by atoms with Gasteiger partial charge in [0.25, 0.3) is 11.6 Å². The van der Waals surface area contributed by atoms with Gasteiger partial charge in [0, 0.05) is 42.5 Å². The normalized spacial score (nSPS) is 12.8. The molecule has 0 fully saturated rings. The summed E-state index contributed by atoms with van der Waals surface area (Å²) in [4.78, 5) is 26.9. The summed E-state index contributed by atoms with van der Waals surface area (Å²) in [5.41, 5.74) is 2.59. The zero-order valence-electron chi connectivity index (χ0n) is 15.7. The van der Waals surface area contributed by atoms with E-state index in [1.54, 1.807) is 0 Å². The molecule has 0 atom stereocenters. The number of ether oxygens (including phenoxy) is 1. The van der Waals surface area contributed by atoms with E-state index in [2.05, 4.69) is 16.1 Å². The van der Waals surface area contributed by atoms with Crippen LogP contribution in [0.25, 0.3) is 11.3 Å². The van der Waals surface area contributed by atoms with Gasteiger partial charge in [-0.2, -0.15) is 0 Å². The van der Waals surface area contributed by atoms with E-state index in [-0.39, 0.29) is 18.2 Å². The maximum absolute atomic E-state index is 12.1. The lowest BCUT2D eigenvalue weighted by atomic mass is 10.1. The molecule has 29 heavy (non-hydrogen) atoms. The van der Waals surface area contributed by atoms with Gasteiger partial charge in [0.15, 0.2) is 6.61 Å². The van der Waals surface area contributed by atoms with Gasteiger partial charge in [-0.3, -0.25) is 14.9 Å². The fourth-order valence-electron chi connectivity index (χ4n) is 3.29. The van der Waals surface area contributed by atoms with Crippen LogP contribution >= 0.6 is 0 Å². The van der Waals surface area contributed by atoms with Crippen LogP contribution in [0.5, 0.6) is 5.75 Å². The quantitative estimate of drug-likeness (QED) is 0.508. The molecule has 0 saturated heterocycles. The van der Waals surface area contributed by atoms with E-state index < -0.39 is 4.92 Å². The van der Waals surface area contributed by atoms with Crippen LogP contribution in [0, 0.1) is 10.1 Å². The second-order valence-electron chi connectivity index (χ2n) is 6.86. The predicted molar refractivity (Wildman–Crippen MR) is 108 cm³/mol. The van der Waals surface area contributed by atoms with Gasteiger partial charge in [-0.1, -0.05) is 12.1 Å². The third kappa shape index (κ3) is 4.43. The number of imidazole rings is 1. The second-order valence-corrected chi connectivity index (χ2v) is 6.86. The molecule has 2 aromatic carbocycles. The minimum absolute atomic E-state index is 0.0274. The number of nitrogens with zero attached hydrogens (tertiary/aromatic N) is 3. The minimum atomic E-state index is -0.487. The molecule has 0 saturated carbocycles. The van der Waals surface area contributed by atoms with Gasteiger partial charge in [0.1, 0.15) is 11.6 Å². The molecule has 1 aliphatic rings. The van der Waals surface area contributed by atoms with Crippen LogP contribution in [0.4, 0.5) is 11.4 Å². The first-order chi connectivity index (χ1) is 14.1. The third-order valence-corrected chi connectivity index (χ3v) is 4.79. The summed E-state index contributed by atoms with van der Waals surface area (Å²) in [7, 11) is 0. The van der Waals surface area contributed by atoms with Gasteiger partial charge in [0.2, 0.25) is 0 Å². The van der Waals surface area contributed by atoms with Crippen molar-refractivity contribution >= 4 is 17.3 Å². The van der Waals surface area contributed by atoms with Gasteiger partial charge in [-0.05, 0) is 37.1 Å². The number of nitro benzene ring substituents is 1. The highest BCUT2D eigenvalue weighted by Gasteiger charge is 2.13. The molecule has 1 amide bonds. The van der Waals surface area contributed by atoms with E-state index in [0.717, 1.165) is 30.0 Å². The highest BCUT2D eigenvalue weighted by Crippen LogP contribution is 2.24. The zero-order chi connectivity index (χ0) is 20.2. The van der Waals surface area contributed by atoms with Crippen molar-refractivity contribution in [3.63, 3.8) is 0 Å². The number of anilines is 1. The van der Waals surface area contributed by atoms with Crippen LogP contribution in [0.15, 0.2) is 54.7 Å². The number of hydrogen-bond acceptors (Lipinski definition) is 5. The average Bonchev–Trinajstić information content (AvgIpc) is 3.17. The number of rotatable bonds is 6. The van der Waals surface area contributed by atoms with Crippen molar-refractivity contribution in [1.82, 2.24) is 9.55 Å². The molecule has 4 rings (SSSR count). The predicted octanol–water partition coefficient (Wildman–Crippen LogP) is 3.81. The highest BCUT2D eigenvalue weighted by molar-refractivity contribution is 5.92. The summed E-state index contributed by atoms with van der Waals surface area (Å²) in [6.07, 6.45) is 5.47. The number of amides is 1. The Morgan fingerprint density at radius 2 is 1.90 bits per heavy atom. The SMILES string of the molecule is O=C(COc1ccc([N+](=O)[O-])cc1)Nc1ccc(-c2cn3c(n2)CCCC3)cc1. The molecule has 0 radical (unpaired) electrons. The topological polar surface area (TPSA) is 99.3 Å². The summed E-state index contributed by atoms with van der Waals surface area (Å²) in [6, 6.07) is 13.1. The van der Waals surface area contributed by atoms with E-state index in [4.69, 9.17) is 9.72 Å². The Balaban J connectivity index is 1.33. The van der Waals surface area contributed by atoms with Gasteiger partial charge < -0.3 is 14.6 Å². The first-order valence-electron chi connectivity index (χ1n) is 9.42. The fraction of sp³-hybridized carbons (Fsp3) is 0.238. The molecule has 0 aliphatic carbocycles. The Morgan fingerprint density at radius 1 is 1.14 bits per heavy atom. The summed E-state index contributed by atoms with van der Waals surface area (Å²) >= 11 is 0. The molecule has 0 bridgehead atoms. The summed E-state index contributed by atoms with van der Waals surface area (Å²) < 4.78 is 7.58. The largest absolute Gasteiger partial charge is 0.484 e. The average molecular weight is 392 g/mol. The van der Waals surface area contributed by atoms with Crippen molar-refractivity contribution in [2.45, 2.75) is 25.8 Å². The molecule has 0 unspecified atom stereocenters. The first kappa shape index (κ1) is 18.7. The molecule has 2 heterocycles. The molecule has 1 aliphatic heterocycles. The number of aryl methyl sites for hydroxylation is 2. The summed E-state index contributed by atoms with van der Waals surface area (Å²) in [5.74, 6) is 1.21. The van der Waals surface area contributed by atoms with E-state index >= 15 is 0 Å². The summed E-state index contributed by atoms with van der Waals surface area (Å²) in [5, 5.41) is 13.4. The maximum atomic E-state index is 12.1. The standard InChI is InChI=1S/C21H20N4O4/c26-21(14-29-18-10-8-17(9-11-18)25(27)28)22-16-6-4-15(5-7-16)19-13-24-12-2-1-3-20(24)23-19/h4-11,13H,1-3,12,14H2,(H,22,26). The Kier molecular flexibility index (Phi) is 5.24. The molecule has 1 aromatic heterocycles. The van der Waals surface area contributed by atoms with Gasteiger partial charge in [-0.15, -0.1) is 0 Å². The number of nitrogens with one attached hydrogen (secondary N) is 1. The number of non-ortho nitro benzene ring substituents is 1. The lowest BCUT2D eigenvalue weighted by Crippen LogP contribution is -2.20. The number of carbonyl (C=O) groups excluding carboxylic acids is 1. The minimum Gasteiger partial charge on any atom is -0.484 e. The van der Waals surface area contributed by atoms with Crippen LogP contribution < -0.4 is 10.1 Å². The number of benzene rings is 2. The Bertz CT molecular complexity index is 1000. The number of aromatic nitrogens is 2. The molecule has 8 heteroatoms. The zero-order valence-corrected chi connectivity index (χ0v) is 15.7. The third-order valence-electron chi connectivity index (χ3n) is 4.79. The molecule has 3 aromatic rings. The second kappa shape index (κ2) is 8.14. The molecular formula is C21H20N4O4. The van der Waals surface area contributed by atoms with Crippen LogP contribution in [0.2, 0.25) is 0 Å². The fourth-order valence-corrected chi connectivity index (χ4v) is 3.29. The number of nitro groups is 1. The lowest BCUT2D eigenvalue weighted by Gasteiger charge is -2.11. The molecule has 8 nitrogen and oxygen atoms in total. The van der Waals surface area contributed by atoms with Crippen LogP contribution in [0.1, 0.15) is 18.7 Å². The van der Waals surface area contributed by atoms with Crippen molar-refractivity contribution in [2.24, 2.45) is 0 Å². The number of hydrogen-bond donors (Lipinski definition) is 1. The molecule has 0 spiro atoms. The van der Waals surface area contributed by atoms with Gasteiger partial charge in [-0.25, -0.2) is 4.98 Å². The molecule has 148 valence electrons. The lowest BCUT2D eigenvalue weighted by molar-refractivity contribution is -0.384.